The Bertz CT molecular complexity index is 581. The summed E-state index contributed by atoms with van der Waals surface area (Å²) in [5, 5.41) is 6.09. The molecule has 5 nitrogen and oxygen atoms in total. The van der Waals surface area contributed by atoms with E-state index in [0.29, 0.717) is 23.6 Å². The van der Waals surface area contributed by atoms with E-state index in [2.05, 4.69) is 31.4 Å². The van der Waals surface area contributed by atoms with Gasteiger partial charge in [0.15, 0.2) is 0 Å². The molecule has 0 aliphatic carbocycles. The van der Waals surface area contributed by atoms with Gasteiger partial charge < -0.3 is 15.5 Å². The van der Waals surface area contributed by atoms with Crippen LogP contribution in [0.5, 0.6) is 0 Å². The zero-order valence-corrected chi connectivity index (χ0v) is 16.4. The normalized spacial score (nSPS) is 17.1. The van der Waals surface area contributed by atoms with Crippen LogP contribution in [0.2, 0.25) is 0 Å². The average Bonchev–Trinajstić information content (AvgIpc) is 3.00. The van der Waals surface area contributed by atoms with Gasteiger partial charge in [0.05, 0.1) is 0 Å². The molecule has 1 aliphatic heterocycles. The maximum atomic E-state index is 12.5. The van der Waals surface area contributed by atoms with Crippen molar-refractivity contribution in [2.24, 2.45) is 11.3 Å². The van der Waals surface area contributed by atoms with E-state index < -0.39 is 0 Å². The first-order valence-electron chi connectivity index (χ1n) is 8.62. The number of benzene rings is 1. The van der Waals surface area contributed by atoms with E-state index in [4.69, 9.17) is 0 Å². The number of carbonyl (C=O) groups is 2. The molecule has 1 unspecified atom stereocenters. The van der Waals surface area contributed by atoms with Crippen molar-refractivity contribution in [3.63, 3.8) is 0 Å². The molecule has 0 aromatic heterocycles. The first kappa shape index (κ1) is 21.5. The SMILES string of the molecule is CNCC1CCN(C(=O)c2ccc(C(=O)NCC(C)(C)C)cc2)C1.Cl. The standard InChI is InChI=1S/C19H29N3O2.ClH/c1-19(2,3)13-21-17(23)15-5-7-16(8-6-15)18(24)22-10-9-14(12-22)11-20-4;/h5-8,14,20H,9-13H2,1-4H3,(H,21,23);1H. The lowest BCUT2D eigenvalue weighted by Crippen LogP contribution is -2.32. The van der Waals surface area contributed by atoms with Crippen molar-refractivity contribution in [2.45, 2.75) is 27.2 Å². The van der Waals surface area contributed by atoms with E-state index in [1.54, 1.807) is 24.3 Å². The second-order valence-corrected chi connectivity index (χ2v) is 7.78. The molecule has 25 heavy (non-hydrogen) atoms. The van der Waals surface area contributed by atoms with E-state index in [9.17, 15) is 9.59 Å². The first-order valence-corrected chi connectivity index (χ1v) is 8.62. The fraction of sp³-hybridized carbons (Fsp3) is 0.579. The Kier molecular flexibility index (Phi) is 7.90. The number of nitrogens with zero attached hydrogens (tertiary/aromatic N) is 1. The maximum absolute atomic E-state index is 12.5. The Morgan fingerprint density at radius 1 is 1.16 bits per heavy atom. The Hall–Kier alpha value is -1.59. The molecule has 1 atom stereocenters. The second-order valence-electron chi connectivity index (χ2n) is 7.78. The minimum Gasteiger partial charge on any atom is -0.352 e. The van der Waals surface area contributed by atoms with Crippen molar-refractivity contribution in [1.29, 1.82) is 0 Å². The summed E-state index contributed by atoms with van der Waals surface area (Å²) in [6, 6.07) is 6.96. The van der Waals surface area contributed by atoms with Crippen LogP contribution >= 0.6 is 12.4 Å². The Morgan fingerprint density at radius 2 is 1.76 bits per heavy atom. The quantitative estimate of drug-likeness (QED) is 0.840. The van der Waals surface area contributed by atoms with Gasteiger partial charge in [-0.25, -0.2) is 0 Å². The Balaban J connectivity index is 0.00000312. The molecule has 2 rings (SSSR count). The fourth-order valence-electron chi connectivity index (χ4n) is 2.87. The van der Waals surface area contributed by atoms with Crippen molar-refractivity contribution >= 4 is 24.2 Å². The lowest BCUT2D eigenvalue weighted by atomic mass is 9.97. The topological polar surface area (TPSA) is 61.4 Å². The van der Waals surface area contributed by atoms with Crippen LogP contribution < -0.4 is 10.6 Å². The minimum absolute atomic E-state index is 0. The van der Waals surface area contributed by atoms with Gasteiger partial charge in [-0.15, -0.1) is 12.4 Å². The molecule has 1 aliphatic rings. The average molecular weight is 368 g/mol. The first-order chi connectivity index (χ1) is 11.3. The van der Waals surface area contributed by atoms with E-state index in [1.807, 2.05) is 11.9 Å². The van der Waals surface area contributed by atoms with Gasteiger partial charge in [-0.05, 0) is 55.6 Å². The third-order valence-electron chi connectivity index (χ3n) is 4.24. The molecule has 0 saturated carbocycles. The number of likely N-dealkylation sites (tertiary alicyclic amines) is 1. The summed E-state index contributed by atoms with van der Waals surface area (Å²) in [7, 11) is 1.94. The summed E-state index contributed by atoms with van der Waals surface area (Å²) in [6.45, 7) is 9.39. The molecule has 0 bridgehead atoms. The molecule has 1 heterocycles. The molecular formula is C19H30ClN3O2. The summed E-state index contributed by atoms with van der Waals surface area (Å²) in [5.41, 5.74) is 1.28. The van der Waals surface area contributed by atoms with Gasteiger partial charge in [0, 0.05) is 30.8 Å². The highest BCUT2D eigenvalue weighted by Gasteiger charge is 2.26. The number of amides is 2. The monoisotopic (exact) mass is 367 g/mol. The third kappa shape index (κ3) is 6.33. The van der Waals surface area contributed by atoms with Crippen LogP contribution in [0.25, 0.3) is 0 Å². The predicted molar refractivity (Wildman–Crippen MR) is 103 cm³/mol. The van der Waals surface area contributed by atoms with Crippen LogP contribution in [0.4, 0.5) is 0 Å². The van der Waals surface area contributed by atoms with Gasteiger partial charge >= 0.3 is 0 Å². The molecule has 1 fully saturated rings. The van der Waals surface area contributed by atoms with Gasteiger partial charge in [0.25, 0.3) is 11.8 Å². The number of nitrogens with one attached hydrogen (secondary N) is 2. The number of hydrogen-bond acceptors (Lipinski definition) is 3. The van der Waals surface area contributed by atoms with E-state index in [1.165, 1.54) is 0 Å². The molecule has 2 amide bonds. The number of hydrogen-bond donors (Lipinski definition) is 2. The molecule has 1 aromatic carbocycles. The van der Waals surface area contributed by atoms with Gasteiger partial charge in [-0.1, -0.05) is 20.8 Å². The fourth-order valence-corrected chi connectivity index (χ4v) is 2.87. The highest BCUT2D eigenvalue weighted by Crippen LogP contribution is 2.18. The van der Waals surface area contributed by atoms with E-state index in [-0.39, 0.29) is 29.6 Å². The summed E-state index contributed by atoms with van der Waals surface area (Å²) >= 11 is 0. The molecule has 6 heteroatoms. The van der Waals surface area contributed by atoms with Crippen molar-refractivity contribution < 1.29 is 9.59 Å². The van der Waals surface area contributed by atoms with Crippen molar-refractivity contribution in [3.8, 4) is 0 Å². The molecule has 1 aromatic rings. The van der Waals surface area contributed by atoms with Gasteiger partial charge in [0.1, 0.15) is 0 Å². The Morgan fingerprint density at radius 3 is 2.32 bits per heavy atom. The zero-order chi connectivity index (χ0) is 17.7. The Labute approximate surface area is 157 Å². The third-order valence-corrected chi connectivity index (χ3v) is 4.24. The lowest BCUT2D eigenvalue weighted by Gasteiger charge is -2.19. The van der Waals surface area contributed by atoms with Crippen LogP contribution in [0.3, 0.4) is 0 Å². The highest BCUT2D eigenvalue weighted by atomic mass is 35.5. The van der Waals surface area contributed by atoms with Crippen LogP contribution in [0.1, 0.15) is 47.9 Å². The molecule has 0 radical (unpaired) electrons. The largest absolute Gasteiger partial charge is 0.352 e. The molecule has 1 saturated heterocycles. The number of rotatable bonds is 5. The minimum atomic E-state index is -0.0980. The molecule has 0 spiro atoms. The highest BCUT2D eigenvalue weighted by molar-refractivity contribution is 5.97. The van der Waals surface area contributed by atoms with E-state index in [0.717, 1.165) is 26.1 Å². The second kappa shape index (κ2) is 9.20. The van der Waals surface area contributed by atoms with E-state index >= 15 is 0 Å². The summed E-state index contributed by atoms with van der Waals surface area (Å²) in [5.74, 6) is 0.482. The van der Waals surface area contributed by atoms with Gasteiger partial charge in [-0.3, -0.25) is 9.59 Å². The summed E-state index contributed by atoms with van der Waals surface area (Å²) in [4.78, 5) is 26.6. The maximum Gasteiger partial charge on any atom is 0.253 e. The van der Waals surface area contributed by atoms with Crippen LogP contribution in [0.15, 0.2) is 24.3 Å². The van der Waals surface area contributed by atoms with Crippen LogP contribution in [-0.4, -0.2) is 49.9 Å². The van der Waals surface area contributed by atoms with Crippen LogP contribution in [-0.2, 0) is 0 Å². The van der Waals surface area contributed by atoms with Gasteiger partial charge in [-0.2, -0.15) is 0 Å². The van der Waals surface area contributed by atoms with Crippen molar-refractivity contribution in [1.82, 2.24) is 15.5 Å². The lowest BCUT2D eigenvalue weighted by molar-refractivity contribution is 0.0786. The summed E-state index contributed by atoms with van der Waals surface area (Å²) < 4.78 is 0. The van der Waals surface area contributed by atoms with Gasteiger partial charge in [0.2, 0.25) is 0 Å². The molecule has 2 N–H and O–H groups in total. The molecule has 140 valence electrons. The number of carbonyl (C=O) groups excluding carboxylic acids is 2. The van der Waals surface area contributed by atoms with Crippen molar-refractivity contribution in [2.75, 3.05) is 33.2 Å². The number of halogens is 1. The predicted octanol–water partition coefficient (Wildman–Crippen LogP) is 2.57. The smallest absolute Gasteiger partial charge is 0.253 e. The van der Waals surface area contributed by atoms with Crippen LogP contribution in [0, 0.1) is 11.3 Å². The zero-order valence-electron chi connectivity index (χ0n) is 15.6. The summed E-state index contributed by atoms with van der Waals surface area (Å²) in [6.07, 6.45) is 1.04. The molecular weight excluding hydrogens is 338 g/mol. The van der Waals surface area contributed by atoms with Crippen molar-refractivity contribution in [3.05, 3.63) is 35.4 Å².